The highest BCUT2D eigenvalue weighted by atomic mass is 16.5. The van der Waals surface area contributed by atoms with Gasteiger partial charge in [-0.15, -0.1) is 0 Å². The van der Waals surface area contributed by atoms with Gasteiger partial charge < -0.3 is 10.5 Å². The van der Waals surface area contributed by atoms with E-state index in [-0.39, 0.29) is 5.41 Å². The van der Waals surface area contributed by atoms with Crippen LogP contribution in [0.1, 0.15) is 32.8 Å². The summed E-state index contributed by atoms with van der Waals surface area (Å²) in [6.45, 7) is 8.10. The second-order valence-electron chi connectivity index (χ2n) is 5.98. The van der Waals surface area contributed by atoms with E-state index in [0.717, 1.165) is 18.7 Å². The molecule has 2 N–H and O–H groups in total. The fourth-order valence-corrected chi connectivity index (χ4v) is 1.97. The predicted molar refractivity (Wildman–Crippen MR) is 81.9 cm³/mol. The number of benzene rings is 1. The fourth-order valence-electron chi connectivity index (χ4n) is 1.97. The SMILES string of the molecule is CC(C)(C)c1cccc(OCCCn2ccc(N)n2)c1. The van der Waals surface area contributed by atoms with E-state index in [0.29, 0.717) is 12.4 Å². The van der Waals surface area contributed by atoms with E-state index in [9.17, 15) is 0 Å². The summed E-state index contributed by atoms with van der Waals surface area (Å²) in [7, 11) is 0. The van der Waals surface area contributed by atoms with Gasteiger partial charge in [0.2, 0.25) is 0 Å². The molecule has 108 valence electrons. The molecule has 1 heterocycles. The first kappa shape index (κ1) is 14.4. The van der Waals surface area contributed by atoms with Crippen molar-refractivity contribution in [1.82, 2.24) is 9.78 Å². The maximum Gasteiger partial charge on any atom is 0.145 e. The lowest BCUT2D eigenvalue weighted by atomic mass is 9.87. The van der Waals surface area contributed by atoms with Crippen LogP contribution in [0, 0.1) is 0 Å². The van der Waals surface area contributed by atoms with Gasteiger partial charge in [0.05, 0.1) is 6.61 Å². The average Bonchev–Trinajstić information content (AvgIpc) is 2.80. The highest BCUT2D eigenvalue weighted by Gasteiger charge is 2.13. The van der Waals surface area contributed by atoms with Crippen molar-refractivity contribution in [1.29, 1.82) is 0 Å². The predicted octanol–water partition coefficient (Wildman–Crippen LogP) is 3.23. The van der Waals surface area contributed by atoms with Gasteiger partial charge in [0.1, 0.15) is 11.6 Å². The molecule has 0 unspecified atom stereocenters. The van der Waals surface area contributed by atoms with Crippen molar-refractivity contribution in [2.45, 2.75) is 39.2 Å². The van der Waals surface area contributed by atoms with Gasteiger partial charge in [0.25, 0.3) is 0 Å². The van der Waals surface area contributed by atoms with E-state index >= 15 is 0 Å². The van der Waals surface area contributed by atoms with Crippen LogP contribution in [0.2, 0.25) is 0 Å². The van der Waals surface area contributed by atoms with E-state index in [4.69, 9.17) is 10.5 Å². The lowest BCUT2D eigenvalue weighted by Gasteiger charge is -2.19. The first-order chi connectivity index (χ1) is 9.45. The molecule has 0 saturated heterocycles. The van der Waals surface area contributed by atoms with Gasteiger partial charge in [-0.1, -0.05) is 32.9 Å². The van der Waals surface area contributed by atoms with Crippen LogP contribution < -0.4 is 10.5 Å². The van der Waals surface area contributed by atoms with E-state index in [1.54, 1.807) is 6.07 Å². The summed E-state index contributed by atoms with van der Waals surface area (Å²) in [5, 5.41) is 4.14. The molecule has 4 nitrogen and oxygen atoms in total. The number of ether oxygens (including phenoxy) is 1. The van der Waals surface area contributed by atoms with Gasteiger partial charge in [-0.05, 0) is 29.2 Å². The number of hydrogen-bond acceptors (Lipinski definition) is 3. The van der Waals surface area contributed by atoms with Gasteiger partial charge in [-0.3, -0.25) is 4.68 Å². The summed E-state index contributed by atoms with van der Waals surface area (Å²) in [5.41, 5.74) is 7.00. The van der Waals surface area contributed by atoms with Gasteiger partial charge in [-0.25, -0.2) is 0 Å². The van der Waals surface area contributed by atoms with Gasteiger partial charge in [-0.2, -0.15) is 5.10 Å². The number of aromatic nitrogens is 2. The van der Waals surface area contributed by atoms with E-state index in [1.165, 1.54) is 5.56 Å². The lowest BCUT2D eigenvalue weighted by Crippen LogP contribution is -2.11. The zero-order chi connectivity index (χ0) is 14.6. The standard InChI is InChI=1S/C16H23N3O/c1-16(2,3)13-6-4-7-14(12-13)20-11-5-9-19-10-8-15(17)18-19/h4,6-8,10,12H,5,9,11H2,1-3H3,(H2,17,18). The van der Waals surface area contributed by atoms with Crippen molar-refractivity contribution < 1.29 is 4.74 Å². The van der Waals surface area contributed by atoms with E-state index in [1.807, 2.05) is 23.0 Å². The Morgan fingerprint density at radius 3 is 2.70 bits per heavy atom. The first-order valence-electron chi connectivity index (χ1n) is 6.97. The summed E-state index contributed by atoms with van der Waals surface area (Å²) < 4.78 is 7.64. The summed E-state index contributed by atoms with van der Waals surface area (Å²) in [6.07, 6.45) is 2.79. The van der Waals surface area contributed by atoms with E-state index < -0.39 is 0 Å². The molecular weight excluding hydrogens is 250 g/mol. The fraction of sp³-hybridized carbons (Fsp3) is 0.438. The van der Waals surface area contributed by atoms with E-state index in [2.05, 4.69) is 38.0 Å². The molecule has 0 aliphatic rings. The molecule has 0 aliphatic heterocycles. The third kappa shape index (κ3) is 4.02. The van der Waals surface area contributed by atoms with Crippen molar-refractivity contribution in [3.05, 3.63) is 42.1 Å². The largest absolute Gasteiger partial charge is 0.494 e. The first-order valence-corrected chi connectivity index (χ1v) is 6.97. The monoisotopic (exact) mass is 273 g/mol. The van der Waals surface area contributed by atoms with Crippen LogP contribution in [-0.2, 0) is 12.0 Å². The minimum atomic E-state index is 0.145. The number of rotatable bonds is 5. The zero-order valence-electron chi connectivity index (χ0n) is 12.5. The van der Waals surface area contributed by atoms with Crippen LogP contribution in [0.15, 0.2) is 36.5 Å². The molecule has 0 spiro atoms. The lowest BCUT2D eigenvalue weighted by molar-refractivity contribution is 0.298. The maximum atomic E-state index is 5.80. The number of anilines is 1. The topological polar surface area (TPSA) is 53.1 Å². The van der Waals surface area contributed by atoms with Crippen molar-refractivity contribution >= 4 is 5.82 Å². The Hall–Kier alpha value is -1.97. The number of nitrogen functional groups attached to an aromatic ring is 1. The van der Waals surface area contributed by atoms with Gasteiger partial charge >= 0.3 is 0 Å². The molecule has 2 rings (SSSR count). The molecule has 20 heavy (non-hydrogen) atoms. The Balaban J connectivity index is 1.82. The second-order valence-corrected chi connectivity index (χ2v) is 5.98. The Bertz CT molecular complexity index is 555. The third-order valence-corrected chi connectivity index (χ3v) is 3.16. The summed E-state index contributed by atoms with van der Waals surface area (Å²) in [5.74, 6) is 1.49. The molecule has 4 heteroatoms. The van der Waals surface area contributed by atoms with Crippen molar-refractivity contribution in [3.63, 3.8) is 0 Å². The molecule has 0 fully saturated rings. The molecule has 0 radical (unpaired) electrons. The van der Waals surface area contributed by atoms with Gasteiger partial charge in [0.15, 0.2) is 0 Å². The Labute approximate surface area is 120 Å². The third-order valence-electron chi connectivity index (χ3n) is 3.16. The molecule has 0 aliphatic carbocycles. The highest BCUT2D eigenvalue weighted by Crippen LogP contribution is 2.25. The zero-order valence-corrected chi connectivity index (χ0v) is 12.5. The quantitative estimate of drug-likeness (QED) is 0.851. The normalized spacial score (nSPS) is 11.6. The number of hydrogen-bond donors (Lipinski definition) is 1. The van der Waals surface area contributed by atoms with Crippen LogP contribution in [0.3, 0.4) is 0 Å². The van der Waals surface area contributed by atoms with Crippen LogP contribution >= 0.6 is 0 Å². The Kier molecular flexibility index (Phi) is 4.32. The van der Waals surface area contributed by atoms with Crippen molar-refractivity contribution in [3.8, 4) is 5.75 Å². The molecule has 1 aromatic carbocycles. The molecule has 0 atom stereocenters. The minimum Gasteiger partial charge on any atom is -0.494 e. The van der Waals surface area contributed by atoms with Crippen LogP contribution in [-0.4, -0.2) is 16.4 Å². The van der Waals surface area contributed by atoms with Crippen molar-refractivity contribution in [2.75, 3.05) is 12.3 Å². The maximum absolute atomic E-state index is 5.80. The molecule has 2 aromatic rings. The van der Waals surface area contributed by atoms with Crippen LogP contribution in [0.4, 0.5) is 5.82 Å². The molecule has 0 amide bonds. The smallest absolute Gasteiger partial charge is 0.145 e. The second kappa shape index (κ2) is 5.99. The number of nitrogens with zero attached hydrogens (tertiary/aromatic N) is 2. The average molecular weight is 273 g/mol. The molecular formula is C16H23N3O. The van der Waals surface area contributed by atoms with Crippen LogP contribution in [0.25, 0.3) is 0 Å². The molecule has 0 saturated carbocycles. The molecule has 0 bridgehead atoms. The Morgan fingerprint density at radius 2 is 2.05 bits per heavy atom. The Morgan fingerprint density at radius 1 is 1.25 bits per heavy atom. The molecule has 1 aromatic heterocycles. The van der Waals surface area contributed by atoms with Crippen molar-refractivity contribution in [2.24, 2.45) is 0 Å². The number of aryl methyl sites for hydroxylation is 1. The summed E-state index contributed by atoms with van der Waals surface area (Å²) in [6, 6.07) is 10.1. The van der Waals surface area contributed by atoms with Gasteiger partial charge in [0, 0.05) is 19.2 Å². The number of nitrogens with two attached hydrogens (primary N) is 1. The summed E-state index contributed by atoms with van der Waals surface area (Å²) in [4.78, 5) is 0. The summed E-state index contributed by atoms with van der Waals surface area (Å²) >= 11 is 0. The highest BCUT2D eigenvalue weighted by molar-refractivity contribution is 5.32. The minimum absolute atomic E-state index is 0.145. The van der Waals surface area contributed by atoms with Crippen LogP contribution in [0.5, 0.6) is 5.75 Å².